The number of morpholine rings is 1. The zero-order chi connectivity index (χ0) is 20.4. The molecule has 1 saturated carbocycles. The first-order valence-corrected chi connectivity index (χ1v) is 8.81. The van der Waals surface area contributed by atoms with Gasteiger partial charge in [-0.1, -0.05) is 29.8 Å². The van der Waals surface area contributed by atoms with Crippen LogP contribution < -0.4 is 0 Å². The first-order chi connectivity index (χ1) is 13.6. The Bertz CT molecular complexity index is 1020. The van der Waals surface area contributed by atoms with Crippen LogP contribution in [0.1, 0.15) is 11.5 Å². The molecule has 0 spiro atoms. The average molecular weight is 389 g/mol. The molecule has 2 aliphatic rings. The minimum absolute atomic E-state index is 0.108. The Balaban J connectivity index is 2.32. The monoisotopic (exact) mass is 388 g/mol. The second-order valence-electron chi connectivity index (χ2n) is 6.45. The number of ether oxygens (including phenoxy) is 1. The highest BCUT2D eigenvalue weighted by Crippen LogP contribution is 2.78. The van der Waals surface area contributed by atoms with Gasteiger partial charge in [0.2, 0.25) is 0 Å². The van der Waals surface area contributed by atoms with Gasteiger partial charge in [-0.05, 0) is 11.6 Å². The summed E-state index contributed by atoms with van der Waals surface area (Å²) in [6, 6.07) is 16.5. The molecule has 0 radical (unpaired) electrons. The first-order valence-electron chi connectivity index (χ1n) is 8.43. The van der Waals surface area contributed by atoms with Crippen molar-refractivity contribution in [3.63, 3.8) is 0 Å². The Morgan fingerprint density at radius 3 is 2.11 bits per heavy atom. The lowest BCUT2D eigenvalue weighted by Crippen LogP contribution is -2.40. The molecule has 3 rings (SSSR count). The van der Waals surface area contributed by atoms with Crippen molar-refractivity contribution in [2.45, 2.75) is 5.92 Å². The van der Waals surface area contributed by atoms with Gasteiger partial charge in [-0.2, -0.15) is 26.3 Å². The van der Waals surface area contributed by atoms with E-state index in [1.165, 1.54) is 0 Å². The Labute approximate surface area is 167 Å². The molecule has 0 aromatic heterocycles. The van der Waals surface area contributed by atoms with E-state index in [2.05, 4.69) is 6.07 Å². The van der Waals surface area contributed by atoms with Crippen LogP contribution in [0.25, 0.3) is 0 Å². The fraction of sp³-hybridized carbons (Fsp3) is 0.350. The highest BCUT2D eigenvalue weighted by molar-refractivity contribution is 6.31. The van der Waals surface area contributed by atoms with Crippen LogP contribution in [0.5, 0.6) is 0 Å². The molecule has 1 aliphatic heterocycles. The lowest BCUT2D eigenvalue weighted by atomic mass is 9.88. The van der Waals surface area contributed by atoms with Gasteiger partial charge in [0.15, 0.2) is 11.0 Å². The highest BCUT2D eigenvalue weighted by Gasteiger charge is 2.83. The number of halogens is 1. The molecule has 1 saturated heterocycles. The standard InChI is InChI=1S/C20H13ClN6O/c21-16-4-2-1-3-15(16)17-19(11-24,12-25)20(17,13-26)18(14(9-22)10-23)27-5-7-28-8-6-27/h1-4,17H,5-8H2/t17-,20-/m0/s1. The lowest BCUT2D eigenvalue weighted by molar-refractivity contribution is 0.0482. The van der Waals surface area contributed by atoms with Gasteiger partial charge in [0.25, 0.3) is 0 Å². The summed E-state index contributed by atoms with van der Waals surface area (Å²) >= 11 is 6.31. The number of hydrogen-bond donors (Lipinski definition) is 0. The smallest absolute Gasteiger partial charge is 0.177 e. The van der Waals surface area contributed by atoms with Crippen molar-refractivity contribution in [1.29, 1.82) is 26.3 Å². The summed E-state index contributed by atoms with van der Waals surface area (Å²) in [6.45, 7) is 1.37. The van der Waals surface area contributed by atoms with E-state index in [-0.39, 0.29) is 11.3 Å². The molecule has 136 valence electrons. The molecule has 7 nitrogen and oxygen atoms in total. The van der Waals surface area contributed by atoms with Gasteiger partial charge in [0.05, 0.1) is 37.1 Å². The maximum absolute atomic E-state index is 10.2. The summed E-state index contributed by atoms with van der Waals surface area (Å²) in [7, 11) is 0. The number of nitrogens with zero attached hydrogens (tertiary/aromatic N) is 6. The third-order valence-electron chi connectivity index (χ3n) is 5.31. The van der Waals surface area contributed by atoms with Crippen molar-refractivity contribution in [3.05, 3.63) is 46.1 Å². The average Bonchev–Trinajstić information content (AvgIpc) is 3.35. The normalized spacial score (nSPS) is 24.4. The Kier molecular flexibility index (Phi) is 4.96. The van der Waals surface area contributed by atoms with Gasteiger partial charge in [0, 0.05) is 24.0 Å². The van der Waals surface area contributed by atoms with Crippen molar-refractivity contribution in [3.8, 4) is 30.3 Å². The van der Waals surface area contributed by atoms with E-state index >= 15 is 0 Å². The molecule has 0 N–H and O–H groups in total. The van der Waals surface area contributed by atoms with Crippen molar-refractivity contribution >= 4 is 11.6 Å². The van der Waals surface area contributed by atoms with Crippen LogP contribution >= 0.6 is 11.6 Å². The van der Waals surface area contributed by atoms with Gasteiger partial charge in [-0.15, -0.1) is 0 Å². The number of rotatable bonds is 3. The van der Waals surface area contributed by atoms with E-state index in [9.17, 15) is 26.3 Å². The Morgan fingerprint density at radius 1 is 1.00 bits per heavy atom. The zero-order valence-corrected chi connectivity index (χ0v) is 15.4. The Morgan fingerprint density at radius 2 is 1.61 bits per heavy atom. The molecule has 1 aliphatic carbocycles. The number of nitriles is 5. The number of hydrogen-bond acceptors (Lipinski definition) is 7. The third kappa shape index (κ3) is 2.41. The molecule has 0 unspecified atom stereocenters. The predicted octanol–water partition coefficient (Wildman–Crippen LogP) is 2.61. The lowest BCUT2D eigenvalue weighted by Gasteiger charge is -2.34. The van der Waals surface area contributed by atoms with E-state index in [0.717, 1.165) is 0 Å². The van der Waals surface area contributed by atoms with Crippen molar-refractivity contribution < 1.29 is 4.74 Å². The minimum atomic E-state index is -1.76. The largest absolute Gasteiger partial charge is 0.378 e. The highest BCUT2D eigenvalue weighted by atomic mass is 35.5. The van der Waals surface area contributed by atoms with E-state index in [1.54, 1.807) is 29.2 Å². The van der Waals surface area contributed by atoms with Gasteiger partial charge < -0.3 is 9.64 Å². The minimum Gasteiger partial charge on any atom is -0.378 e. The van der Waals surface area contributed by atoms with E-state index < -0.39 is 16.7 Å². The summed E-state index contributed by atoms with van der Waals surface area (Å²) in [5.74, 6) is -0.886. The SMILES string of the molecule is N#CC(C#N)=C(N1CCOCC1)[C@]1(C#N)[C@@H](c2ccccc2Cl)C1(C#N)C#N. The van der Waals surface area contributed by atoms with Gasteiger partial charge >= 0.3 is 0 Å². The van der Waals surface area contributed by atoms with E-state index in [0.29, 0.717) is 36.9 Å². The topological polar surface area (TPSA) is 131 Å². The van der Waals surface area contributed by atoms with Gasteiger partial charge in [-0.25, -0.2) is 0 Å². The third-order valence-corrected chi connectivity index (χ3v) is 5.66. The Hall–Kier alpha value is -3.54. The second-order valence-corrected chi connectivity index (χ2v) is 6.86. The van der Waals surface area contributed by atoms with Gasteiger partial charge in [0.1, 0.15) is 17.6 Å². The second kappa shape index (κ2) is 7.23. The van der Waals surface area contributed by atoms with E-state index in [1.807, 2.05) is 24.3 Å². The first kappa shape index (κ1) is 19.2. The maximum Gasteiger partial charge on any atom is 0.177 e. The van der Waals surface area contributed by atoms with Crippen LogP contribution in [0.2, 0.25) is 5.02 Å². The maximum atomic E-state index is 10.2. The molecular weight excluding hydrogens is 376 g/mol. The molecule has 1 heterocycles. The summed E-state index contributed by atoms with van der Waals surface area (Å²) in [5.41, 5.74) is -3.15. The van der Waals surface area contributed by atoms with Crippen LogP contribution in [-0.4, -0.2) is 31.2 Å². The van der Waals surface area contributed by atoms with Crippen molar-refractivity contribution in [2.24, 2.45) is 10.8 Å². The zero-order valence-electron chi connectivity index (χ0n) is 14.7. The summed E-state index contributed by atoms with van der Waals surface area (Å²) < 4.78 is 5.33. The van der Waals surface area contributed by atoms with Crippen LogP contribution in [-0.2, 0) is 4.74 Å². The van der Waals surface area contributed by atoms with E-state index in [4.69, 9.17) is 16.3 Å². The number of benzene rings is 1. The van der Waals surface area contributed by atoms with Gasteiger partial charge in [-0.3, -0.25) is 0 Å². The molecule has 8 heteroatoms. The molecular formula is C20H13ClN6O. The molecule has 28 heavy (non-hydrogen) atoms. The molecule has 2 atom stereocenters. The van der Waals surface area contributed by atoms with Crippen LogP contribution in [0.15, 0.2) is 35.5 Å². The fourth-order valence-corrected chi connectivity index (χ4v) is 4.28. The summed E-state index contributed by atoms with van der Waals surface area (Å²) in [6.07, 6.45) is 0. The number of allylic oxidation sites excluding steroid dienone is 2. The molecule has 1 aromatic rings. The van der Waals surface area contributed by atoms with Crippen molar-refractivity contribution in [1.82, 2.24) is 4.90 Å². The van der Waals surface area contributed by atoms with Crippen LogP contribution in [0.3, 0.4) is 0 Å². The van der Waals surface area contributed by atoms with Crippen molar-refractivity contribution in [2.75, 3.05) is 26.3 Å². The summed E-state index contributed by atoms with van der Waals surface area (Å²) in [4.78, 5) is 1.70. The summed E-state index contributed by atoms with van der Waals surface area (Å²) in [5, 5.41) is 49.5. The van der Waals surface area contributed by atoms with Crippen LogP contribution in [0.4, 0.5) is 0 Å². The molecule has 2 fully saturated rings. The predicted molar refractivity (Wildman–Crippen MR) is 96.5 cm³/mol. The molecule has 1 aromatic carbocycles. The molecule has 0 amide bonds. The van der Waals surface area contributed by atoms with Crippen LogP contribution in [0, 0.1) is 67.5 Å². The fourth-order valence-electron chi connectivity index (χ4n) is 4.03. The molecule has 0 bridgehead atoms. The quantitative estimate of drug-likeness (QED) is 0.727.